The lowest BCUT2D eigenvalue weighted by atomic mass is 10.1. The molecule has 1 aliphatic rings. The highest BCUT2D eigenvalue weighted by Gasteiger charge is 2.28. The van der Waals surface area contributed by atoms with E-state index in [1.54, 1.807) is 7.11 Å². The maximum atomic E-state index is 5.96. The summed E-state index contributed by atoms with van der Waals surface area (Å²) in [6.45, 7) is 5.51. The van der Waals surface area contributed by atoms with Crippen molar-refractivity contribution in [3.05, 3.63) is 24.3 Å². The highest BCUT2D eigenvalue weighted by atomic mass is 32.2. The van der Waals surface area contributed by atoms with E-state index in [2.05, 4.69) is 18.1 Å². The number of nitrogens with zero attached hydrogens (tertiary/aromatic N) is 1. The van der Waals surface area contributed by atoms with Crippen molar-refractivity contribution in [2.45, 2.75) is 24.7 Å². The van der Waals surface area contributed by atoms with Crippen molar-refractivity contribution < 1.29 is 9.47 Å². The van der Waals surface area contributed by atoms with Gasteiger partial charge in [-0.15, -0.1) is 0 Å². The molecular weight excluding hydrogens is 258 g/mol. The molecule has 1 atom stereocenters. The average molecular weight is 281 g/mol. The SMILES string of the molecule is COc1ccccc1OC1CN(CCC(C)SC)C1. The van der Waals surface area contributed by atoms with E-state index in [0.29, 0.717) is 6.10 Å². The maximum Gasteiger partial charge on any atom is 0.161 e. The van der Waals surface area contributed by atoms with E-state index in [9.17, 15) is 0 Å². The molecule has 0 radical (unpaired) electrons. The van der Waals surface area contributed by atoms with Crippen LogP contribution in [0.1, 0.15) is 13.3 Å². The van der Waals surface area contributed by atoms with Crippen LogP contribution in [0.4, 0.5) is 0 Å². The number of rotatable bonds is 7. The number of para-hydroxylation sites is 2. The van der Waals surface area contributed by atoms with Crippen LogP contribution >= 0.6 is 11.8 Å². The first kappa shape index (κ1) is 14.5. The first-order valence-electron chi connectivity index (χ1n) is 6.77. The molecule has 1 aromatic rings. The van der Waals surface area contributed by atoms with Gasteiger partial charge in [0.05, 0.1) is 7.11 Å². The van der Waals surface area contributed by atoms with Crippen molar-refractivity contribution in [2.75, 3.05) is 33.0 Å². The third-order valence-electron chi connectivity index (χ3n) is 3.54. The van der Waals surface area contributed by atoms with Gasteiger partial charge in [0.2, 0.25) is 0 Å². The lowest BCUT2D eigenvalue weighted by molar-refractivity contribution is 0.0181. The summed E-state index contributed by atoms with van der Waals surface area (Å²) in [7, 11) is 1.68. The quantitative estimate of drug-likeness (QED) is 0.766. The van der Waals surface area contributed by atoms with Gasteiger partial charge in [0.1, 0.15) is 6.10 Å². The second-order valence-electron chi connectivity index (χ2n) is 4.99. The zero-order valence-corrected chi connectivity index (χ0v) is 12.8. The molecule has 106 valence electrons. The summed E-state index contributed by atoms with van der Waals surface area (Å²) in [5.74, 6) is 1.67. The van der Waals surface area contributed by atoms with Gasteiger partial charge in [-0.1, -0.05) is 19.1 Å². The average Bonchev–Trinajstić information content (AvgIpc) is 2.41. The Hall–Kier alpha value is -0.870. The number of likely N-dealkylation sites (tertiary alicyclic amines) is 1. The lowest BCUT2D eigenvalue weighted by Gasteiger charge is -2.39. The molecule has 1 fully saturated rings. The fraction of sp³-hybridized carbons (Fsp3) is 0.600. The van der Waals surface area contributed by atoms with Crippen LogP contribution in [0, 0.1) is 0 Å². The number of ether oxygens (including phenoxy) is 2. The van der Waals surface area contributed by atoms with Gasteiger partial charge in [-0.05, 0) is 31.4 Å². The van der Waals surface area contributed by atoms with Crippen molar-refractivity contribution in [3.63, 3.8) is 0 Å². The maximum absolute atomic E-state index is 5.96. The lowest BCUT2D eigenvalue weighted by Crippen LogP contribution is -2.54. The van der Waals surface area contributed by atoms with Gasteiger partial charge in [0.25, 0.3) is 0 Å². The largest absolute Gasteiger partial charge is 0.493 e. The van der Waals surface area contributed by atoms with Crippen LogP contribution in [0.3, 0.4) is 0 Å². The van der Waals surface area contributed by atoms with E-state index in [0.717, 1.165) is 29.8 Å². The van der Waals surface area contributed by atoms with Crippen LogP contribution in [0.2, 0.25) is 0 Å². The number of benzene rings is 1. The van der Waals surface area contributed by atoms with Crippen LogP contribution in [-0.4, -0.2) is 49.3 Å². The fourth-order valence-electron chi connectivity index (χ4n) is 2.16. The molecule has 1 saturated heterocycles. The zero-order valence-electron chi connectivity index (χ0n) is 12.0. The Bertz CT molecular complexity index is 393. The predicted molar refractivity (Wildman–Crippen MR) is 81.4 cm³/mol. The number of hydrogen-bond donors (Lipinski definition) is 0. The summed E-state index contributed by atoms with van der Waals surface area (Å²) in [4.78, 5) is 2.45. The van der Waals surface area contributed by atoms with Crippen LogP contribution in [0.15, 0.2) is 24.3 Å². The van der Waals surface area contributed by atoms with Crippen molar-refractivity contribution in [1.82, 2.24) is 4.90 Å². The minimum atomic E-state index is 0.306. The molecule has 0 aromatic heterocycles. The van der Waals surface area contributed by atoms with E-state index in [4.69, 9.17) is 9.47 Å². The molecule has 1 aliphatic heterocycles. The van der Waals surface area contributed by atoms with Crippen LogP contribution in [-0.2, 0) is 0 Å². The van der Waals surface area contributed by atoms with Gasteiger partial charge in [0, 0.05) is 18.3 Å². The van der Waals surface area contributed by atoms with Gasteiger partial charge in [-0.25, -0.2) is 0 Å². The summed E-state index contributed by atoms with van der Waals surface area (Å²) < 4.78 is 11.3. The van der Waals surface area contributed by atoms with Crippen molar-refractivity contribution >= 4 is 11.8 Å². The summed E-state index contributed by atoms with van der Waals surface area (Å²) in [5, 5.41) is 0.745. The first-order valence-corrected chi connectivity index (χ1v) is 8.06. The minimum Gasteiger partial charge on any atom is -0.493 e. The Morgan fingerprint density at radius 3 is 2.63 bits per heavy atom. The molecule has 1 unspecified atom stereocenters. The zero-order chi connectivity index (χ0) is 13.7. The van der Waals surface area contributed by atoms with E-state index >= 15 is 0 Å². The third kappa shape index (κ3) is 4.05. The monoisotopic (exact) mass is 281 g/mol. The molecule has 0 amide bonds. The summed E-state index contributed by atoms with van der Waals surface area (Å²) in [6, 6.07) is 7.85. The number of methoxy groups -OCH3 is 1. The molecule has 0 spiro atoms. The second-order valence-corrected chi connectivity index (χ2v) is 6.26. The van der Waals surface area contributed by atoms with E-state index in [1.165, 1.54) is 13.0 Å². The molecule has 1 heterocycles. The minimum absolute atomic E-state index is 0.306. The molecule has 0 saturated carbocycles. The Labute approximate surface area is 120 Å². The van der Waals surface area contributed by atoms with Crippen molar-refractivity contribution in [3.8, 4) is 11.5 Å². The Morgan fingerprint density at radius 2 is 2.00 bits per heavy atom. The van der Waals surface area contributed by atoms with Gasteiger partial charge in [-0.2, -0.15) is 11.8 Å². The highest BCUT2D eigenvalue weighted by Crippen LogP contribution is 2.28. The third-order valence-corrected chi connectivity index (χ3v) is 4.58. The van der Waals surface area contributed by atoms with Gasteiger partial charge >= 0.3 is 0 Å². The summed E-state index contributed by atoms with van der Waals surface area (Å²) >= 11 is 1.94. The standard InChI is InChI=1S/C15H23NO2S/c1-12(19-3)8-9-16-10-13(11-16)18-15-7-5-4-6-14(15)17-2/h4-7,12-13H,8-11H2,1-3H3. The van der Waals surface area contributed by atoms with Gasteiger partial charge in [0.15, 0.2) is 11.5 Å². The topological polar surface area (TPSA) is 21.7 Å². The van der Waals surface area contributed by atoms with Gasteiger partial charge < -0.3 is 9.47 Å². The summed E-state index contributed by atoms with van der Waals surface area (Å²) in [6.07, 6.45) is 3.73. The summed E-state index contributed by atoms with van der Waals surface area (Å²) in [5.41, 5.74) is 0. The second kappa shape index (κ2) is 7.06. The smallest absolute Gasteiger partial charge is 0.161 e. The predicted octanol–water partition coefficient (Wildman–Crippen LogP) is 2.90. The molecule has 0 bridgehead atoms. The van der Waals surface area contributed by atoms with E-state index in [-0.39, 0.29) is 0 Å². The first-order chi connectivity index (χ1) is 9.22. The van der Waals surface area contributed by atoms with Crippen LogP contribution < -0.4 is 9.47 Å². The van der Waals surface area contributed by atoms with Crippen molar-refractivity contribution in [1.29, 1.82) is 0 Å². The molecular formula is C15H23NO2S. The molecule has 1 aromatic carbocycles. The van der Waals surface area contributed by atoms with Crippen molar-refractivity contribution in [2.24, 2.45) is 0 Å². The Morgan fingerprint density at radius 1 is 1.32 bits per heavy atom. The highest BCUT2D eigenvalue weighted by molar-refractivity contribution is 7.99. The normalized spacial score (nSPS) is 17.8. The molecule has 4 heteroatoms. The van der Waals surface area contributed by atoms with E-state index in [1.807, 2.05) is 36.0 Å². The number of thioether (sulfide) groups is 1. The molecule has 0 aliphatic carbocycles. The van der Waals surface area contributed by atoms with Gasteiger partial charge in [-0.3, -0.25) is 4.90 Å². The van der Waals surface area contributed by atoms with Crippen LogP contribution in [0.25, 0.3) is 0 Å². The molecule has 3 nitrogen and oxygen atoms in total. The van der Waals surface area contributed by atoms with E-state index < -0.39 is 0 Å². The molecule has 19 heavy (non-hydrogen) atoms. The molecule has 2 rings (SSSR count). The Kier molecular flexibility index (Phi) is 5.40. The fourth-order valence-corrected chi connectivity index (χ4v) is 2.50. The number of hydrogen-bond acceptors (Lipinski definition) is 4. The molecule has 0 N–H and O–H groups in total. The Balaban J connectivity index is 1.72. The van der Waals surface area contributed by atoms with Crippen LogP contribution in [0.5, 0.6) is 11.5 Å².